The fourth-order valence-corrected chi connectivity index (χ4v) is 3.85. The van der Waals surface area contributed by atoms with E-state index in [1.807, 2.05) is 0 Å². The highest BCUT2D eigenvalue weighted by atomic mass is 35.5. The lowest BCUT2D eigenvalue weighted by Crippen LogP contribution is -2.08. The Morgan fingerprint density at radius 2 is 1.80 bits per heavy atom. The molecule has 0 saturated carbocycles. The predicted octanol–water partition coefficient (Wildman–Crippen LogP) is 5.23. The molecule has 0 spiro atoms. The van der Waals surface area contributed by atoms with Gasteiger partial charge in [-0.3, -0.25) is 9.59 Å². The van der Waals surface area contributed by atoms with Crippen LogP contribution in [0, 0.1) is 0 Å². The summed E-state index contributed by atoms with van der Waals surface area (Å²) in [5.74, 6) is -2.18. The number of azo groups is 1. The molecule has 4 aromatic rings. The van der Waals surface area contributed by atoms with Gasteiger partial charge in [-0.1, -0.05) is 35.1 Å². The van der Waals surface area contributed by atoms with Gasteiger partial charge in [0.1, 0.15) is 4.83 Å². The molecule has 0 saturated heterocycles. The van der Waals surface area contributed by atoms with Crippen LogP contribution in [0.1, 0.15) is 18.9 Å². The number of aliphatic hydroxyl groups excluding tert-OH is 1. The lowest BCUT2D eigenvalue weighted by atomic mass is 10.2. The number of carbonyl (C=O) groups excluding carboxylic acids is 1. The third-order valence-corrected chi connectivity index (χ3v) is 5.46. The van der Waals surface area contributed by atoms with Crippen LogP contribution in [0.15, 0.2) is 75.3 Å². The number of esters is 1. The normalized spacial score (nSPS) is 11.7. The fourth-order valence-electron chi connectivity index (χ4n) is 2.82. The summed E-state index contributed by atoms with van der Waals surface area (Å²) in [6.45, 7) is 2.81. The fraction of sp³-hybridized carbons (Fsp3) is 0.130. The van der Waals surface area contributed by atoms with Crippen LogP contribution in [0.5, 0.6) is 0 Å². The Hall–Kier alpha value is -4.09. The van der Waals surface area contributed by atoms with Gasteiger partial charge >= 0.3 is 5.97 Å². The van der Waals surface area contributed by atoms with Gasteiger partial charge in [0.2, 0.25) is 5.70 Å². The average molecular weight is 515 g/mol. The van der Waals surface area contributed by atoms with E-state index in [-0.39, 0.29) is 17.0 Å². The maximum absolute atomic E-state index is 12.4. The highest BCUT2D eigenvalue weighted by Gasteiger charge is 2.22. The van der Waals surface area contributed by atoms with E-state index in [0.717, 1.165) is 18.3 Å². The summed E-state index contributed by atoms with van der Waals surface area (Å²) in [6, 6.07) is 14.9. The highest BCUT2D eigenvalue weighted by Crippen LogP contribution is 2.27. The largest absolute Gasteiger partial charge is 0.503 e. The molecule has 0 atom stereocenters. The van der Waals surface area contributed by atoms with Gasteiger partial charge in [0.05, 0.1) is 17.8 Å². The van der Waals surface area contributed by atoms with Crippen molar-refractivity contribution >= 4 is 62.1 Å². The van der Waals surface area contributed by atoms with Gasteiger partial charge in [-0.15, -0.1) is 5.11 Å². The third-order valence-electron chi connectivity index (χ3n) is 4.24. The van der Waals surface area contributed by atoms with Gasteiger partial charge in [-0.25, -0.2) is 9.31 Å². The van der Waals surface area contributed by atoms with Crippen molar-refractivity contribution in [2.45, 2.75) is 13.8 Å². The second-order valence-electron chi connectivity index (χ2n) is 6.80. The van der Waals surface area contributed by atoms with E-state index in [2.05, 4.69) is 15.3 Å². The minimum absolute atomic E-state index is 0.0881. The van der Waals surface area contributed by atoms with Crippen LogP contribution < -0.4 is 5.43 Å². The Kier molecular flexibility index (Phi) is 8.29. The number of carbonyl (C=O) groups is 2. The zero-order chi connectivity index (χ0) is 25.5. The van der Waals surface area contributed by atoms with Gasteiger partial charge in [-0.2, -0.15) is 10.2 Å². The summed E-state index contributed by atoms with van der Waals surface area (Å²) in [6.07, 6.45) is 0. The van der Waals surface area contributed by atoms with Crippen molar-refractivity contribution in [1.29, 1.82) is 0 Å². The smallest absolute Gasteiger partial charge is 0.362 e. The van der Waals surface area contributed by atoms with E-state index >= 15 is 0 Å². The zero-order valence-corrected chi connectivity index (χ0v) is 20.1. The number of pyridine rings is 1. The standard InChI is InChI=1S/C21H15ClN4O4S.C2H4O2/c1-2-30-21(29)18(24-23-13-9-7-12(22)8-10-13)19(28)20-25-26-15-6-4-3-5-14(15)16(27)11-17(26)31-20;1-2(3)4/h3-11,28H,2H2,1H3;1H3,(H,3,4). The van der Waals surface area contributed by atoms with Gasteiger partial charge in [-0.05, 0) is 43.3 Å². The van der Waals surface area contributed by atoms with Crippen molar-refractivity contribution in [1.82, 2.24) is 9.61 Å². The molecule has 4 rings (SSSR count). The Morgan fingerprint density at radius 1 is 1.14 bits per heavy atom. The van der Waals surface area contributed by atoms with E-state index in [1.54, 1.807) is 55.5 Å². The lowest BCUT2D eigenvalue weighted by molar-refractivity contribution is -0.138. The van der Waals surface area contributed by atoms with Crippen LogP contribution in [0.2, 0.25) is 5.02 Å². The van der Waals surface area contributed by atoms with Crippen molar-refractivity contribution in [3.63, 3.8) is 0 Å². The molecule has 10 nitrogen and oxygen atoms in total. The first kappa shape index (κ1) is 25.5. The molecule has 0 aliphatic carbocycles. The summed E-state index contributed by atoms with van der Waals surface area (Å²) in [5.41, 5.74) is 0.450. The van der Waals surface area contributed by atoms with Gasteiger partial charge in [0.15, 0.2) is 16.2 Å². The van der Waals surface area contributed by atoms with Gasteiger partial charge in [0, 0.05) is 23.4 Å². The minimum atomic E-state index is -0.851. The van der Waals surface area contributed by atoms with Crippen LogP contribution in [-0.4, -0.2) is 38.4 Å². The first-order chi connectivity index (χ1) is 16.7. The van der Waals surface area contributed by atoms with Gasteiger partial charge < -0.3 is 14.9 Å². The first-order valence-electron chi connectivity index (χ1n) is 10.1. The Bertz CT molecular complexity index is 1500. The van der Waals surface area contributed by atoms with E-state index in [1.165, 1.54) is 10.6 Å². The van der Waals surface area contributed by atoms with Gasteiger partial charge in [0.25, 0.3) is 5.97 Å². The molecule has 12 heteroatoms. The molecule has 2 heterocycles. The Morgan fingerprint density at radius 3 is 2.46 bits per heavy atom. The second kappa shape index (κ2) is 11.4. The van der Waals surface area contributed by atoms with Crippen molar-refractivity contribution in [3.8, 4) is 0 Å². The van der Waals surface area contributed by atoms with Crippen molar-refractivity contribution in [2.24, 2.45) is 10.2 Å². The van der Waals surface area contributed by atoms with E-state index < -0.39 is 23.4 Å². The lowest BCUT2D eigenvalue weighted by Gasteiger charge is -2.03. The number of aliphatic hydroxyl groups is 1. The van der Waals surface area contributed by atoms with Crippen molar-refractivity contribution in [3.05, 3.63) is 80.5 Å². The monoisotopic (exact) mass is 514 g/mol. The van der Waals surface area contributed by atoms with E-state index in [9.17, 15) is 14.7 Å². The number of para-hydroxylation sites is 1. The highest BCUT2D eigenvalue weighted by molar-refractivity contribution is 7.18. The number of benzene rings is 2. The molecule has 0 radical (unpaired) electrons. The second-order valence-corrected chi connectivity index (χ2v) is 8.24. The van der Waals surface area contributed by atoms with Crippen LogP contribution in [0.4, 0.5) is 5.69 Å². The number of halogens is 1. The molecule has 2 N–H and O–H groups in total. The molecule has 2 aromatic carbocycles. The van der Waals surface area contributed by atoms with Crippen LogP contribution >= 0.6 is 22.9 Å². The number of aromatic nitrogens is 2. The number of ether oxygens (including phenoxy) is 1. The third kappa shape index (κ3) is 6.28. The number of carboxylic acid groups (broad SMARTS) is 1. The maximum atomic E-state index is 12.4. The molecule has 35 heavy (non-hydrogen) atoms. The first-order valence-corrected chi connectivity index (χ1v) is 11.3. The molecule has 0 amide bonds. The van der Waals surface area contributed by atoms with Crippen LogP contribution in [-0.2, 0) is 14.3 Å². The van der Waals surface area contributed by atoms with Crippen molar-refractivity contribution < 1.29 is 24.5 Å². The van der Waals surface area contributed by atoms with E-state index in [4.69, 9.17) is 26.2 Å². The average Bonchev–Trinajstić information content (AvgIpc) is 3.24. The summed E-state index contributed by atoms with van der Waals surface area (Å²) in [4.78, 5) is 34.3. The molecule has 0 unspecified atom stereocenters. The predicted molar refractivity (Wildman–Crippen MR) is 132 cm³/mol. The molecule has 180 valence electrons. The molecule has 0 fully saturated rings. The number of nitrogens with zero attached hydrogens (tertiary/aromatic N) is 4. The SMILES string of the molecule is CC(=O)O.CCOC(=O)C(N=Nc1ccc(Cl)cc1)=C(O)c1nn2c(cc(=O)c3ccccc32)s1. The quantitative estimate of drug-likeness (QED) is 0.161. The molecule has 0 bridgehead atoms. The summed E-state index contributed by atoms with van der Waals surface area (Å²) < 4.78 is 6.54. The summed E-state index contributed by atoms with van der Waals surface area (Å²) >= 11 is 6.90. The number of carboxylic acids is 1. The van der Waals surface area contributed by atoms with Crippen LogP contribution in [0.3, 0.4) is 0 Å². The zero-order valence-electron chi connectivity index (χ0n) is 18.5. The van der Waals surface area contributed by atoms with Crippen molar-refractivity contribution in [2.75, 3.05) is 6.61 Å². The summed E-state index contributed by atoms with van der Waals surface area (Å²) in [5, 5.41) is 31.6. The Balaban J connectivity index is 0.000000795. The maximum Gasteiger partial charge on any atom is 0.362 e. The molecule has 0 aliphatic rings. The molecular weight excluding hydrogens is 496 g/mol. The van der Waals surface area contributed by atoms with E-state index in [0.29, 0.717) is 26.4 Å². The number of aliphatic carboxylic acids is 1. The Labute approximate surface area is 207 Å². The van der Waals surface area contributed by atoms with Crippen LogP contribution in [0.25, 0.3) is 21.5 Å². The summed E-state index contributed by atoms with van der Waals surface area (Å²) in [7, 11) is 0. The number of hydrogen-bond acceptors (Lipinski definition) is 9. The number of hydrogen-bond donors (Lipinski definition) is 2. The molecule has 0 aliphatic heterocycles. The number of rotatable bonds is 5. The molecular formula is C23H19ClN4O6S. The minimum Gasteiger partial charge on any atom is -0.503 e. The molecule has 2 aromatic heterocycles. The number of fused-ring (bicyclic) bond motifs is 3. The topological polar surface area (TPSA) is 143 Å².